The van der Waals surface area contributed by atoms with Crippen LogP contribution in [0.4, 0.5) is 5.13 Å². The van der Waals surface area contributed by atoms with Crippen LogP contribution in [0.25, 0.3) is 6.08 Å². The normalized spacial score (nSPS) is 10.9. The lowest BCUT2D eigenvalue weighted by molar-refractivity contribution is 0.0520. The summed E-state index contributed by atoms with van der Waals surface area (Å²) in [5.74, 6) is -0.431. The molecule has 0 atom stereocenters. The first kappa shape index (κ1) is 12.7. The molecule has 0 bridgehead atoms. The van der Waals surface area contributed by atoms with E-state index in [0.717, 1.165) is 11.4 Å². The van der Waals surface area contributed by atoms with E-state index in [0.29, 0.717) is 11.7 Å². The summed E-state index contributed by atoms with van der Waals surface area (Å²) in [7, 11) is 1.84. The number of esters is 1. The van der Waals surface area contributed by atoms with E-state index in [2.05, 4.69) is 10.3 Å². The molecule has 3 N–H and O–H groups in total. The zero-order chi connectivity index (χ0) is 12.0. The molecule has 1 aromatic rings. The molecule has 0 aliphatic heterocycles. The molecule has 88 valence electrons. The molecule has 0 amide bonds. The highest BCUT2D eigenvalue weighted by atomic mass is 32.1. The Morgan fingerprint density at radius 1 is 1.69 bits per heavy atom. The van der Waals surface area contributed by atoms with Crippen LogP contribution < -0.4 is 11.1 Å². The first-order chi connectivity index (χ1) is 7.69. The molecule has 0 fully saturated rings. The van der Waals surface area contributed by atoms with E-state index in [1.54, 1.807) is 6.92 Å². The summed E-state index contributed by atoms with van der Waals surface area (Å²) in [4.78, 5) is 16.2. The van der Waals surface area contributed by atoms with Crippen LogP contribution in [0.5, 0.6) is 0 Å². The number of thiazole rings is 1. The third-order valence-electron chi connectivity index (χ3n) is 1.73. The Balaban J connectivity index is 2.86. The Labute approximate surface area is 98.3 Å². The SMILES string of the molecule is CCOC(=O)c1nc(N)sc1C=CCNC. The van der Waals surface area contributed by atoms with Crippen LogP contribution in [0.15, 0.2) is 6.08 Å². The summed E-state index contributed by atoms with van der Waals surface area (Å²) in [6.07, 6.45) is 3.71. The van der Waals surface area contributed by atoms with Crippen LogP contribution >= 0.6 is 11.3 Å². The van der Waals surface area contributed by atoms with Crippen molar-refractivity contribution in [2.24, 2.45) is 0 Å². The molecule has 1 heterocycles. The first-order valence-corrected chi connectivity index (χ1v) is 5.75. The Morgan fingerprint density at radius 3 is 3.06 bits per heavy atom. The van der Waals surface area contributed by atoms with Crippen molar-refractivity contribution in [2.75, 3.05) is 25.9 Å². The minimum Gasteiger partial charge on any atom is -0.461 e. The largest absolute Gasteiger partial charge is 0.461 e. The van der Waals surface area contributed by atoms with Gasteiger partial charge in [0.2, 0.25) is 0 Å². The maximum atomic E-state index is 11.5. The van der Waals surface area contributed by atoms with Crippen LogP contribution in [0.1, 0.15) is 22.3 Å². The number of hydrogen-bond donors (Lipinski definition) is 2. The summed E-state index contributed by atoms with van der Waals surface area (Å²) in [6.45, 7) is 2.81. The molecule has 1 rings (SSSR count). The summed E-state index contributed by atoms with van der Waals surface area (Å²) in [5, 5.41) is 3.34. The molecule has 6 heteroatoms. The number of carbonyl (C=O) groups is 1. The summed E-state index contributed by atoms with van der Waals surface area (Å²) in [5.41, 5.74) is 5.86. The summed E-state index contributed by atoms with van der Waals surface area (Å²) >= 11 is 1.27. The van der Waals surface area contributed by atoms with Gasteiger partial charge in [-0.15, -0.1) is 0 Å². The number of nitrogen functional groups attached to an aromatic ring is 1. The van der Waals surface area contributed by atoms with Gasteiger partial charge in [0.1, 0.15) is 0 Å². The number of likely N-dealkylation sites (N-methyl/N-ethyl adjacent to an activating group) is 1. The lowest BCUT2D eigenvalue weighted by atomic mass is 10.3. The zero-order valence-electron chi connectivity index (χ0n) is 9.32. The van der Waals surface area contributed by atoms with Crippen LogP contribution in [-0.4, -0.2) is 31.2 Å². The average Bonchev–Trinajstić information content (AvgIpc) is 2.61. The highest BCUT2D eigenvalue weighted by Crippen LogP contribution is 2.22. The van der Waals surface area contributed by atoms with Gasteiger partial charge in [0.25, 0.3) is 0 Å². The Morgan fingerprint density at radius 2 is 2.44 bits per heavy atom. The number of nitrogens with zero attached hydrogens (tertiary/aromatic N) is 1. The van der Waals surface area contributed by atoms with Gasteiger partial charge in [-0.25, -0.2) is 9.78 Å². The van der Waals surface area contributed by atoms with Crippen LogP contribution in [0, 0.1) is 0 Å². The van der Waals surface area contributed by atoms with Crippen molar-refractivity contribution in [3.05, 3.63) is 16.6 Å². The zero-order valence-corrected chi connectivity index (χ0v) is 10.1. The van der Waals surface area contributed by atoms with Crippen molar-refractivity contribution in [3.63, 3.8) is 0 Å². The van der Waals surface area contributed by atoms with Crippen molar-refractivity contribution in [1.82, 2.24) is 10.3 Å². The van der Waals surface area contributed by atoms with Gasteiger partial charge in [0, 0.05) is 6.54 Å². The van der Waals surface area contributed by atoms with Crippen LogP contribution in [0.3, 0.4) is 0 Å². The number of carbonyl (C=O) groups excluding carboxylic acids is 1. The van der Waals surface area contributed by atoms with E-state index < -0.39 is 5.97 Å². The third kappa shape index (κ3) is 3.32. The fourth-order valence-corrected chi connectivity index (χ4v) is 1.84. The number of anilines is 1. The number of aromatic nitrogens is 1. The molecule has 16 heavy (non-hydrogen) atoms. The first-order valence-electron chi connectivity index (χ1n) is 4.93. The van der Waals surface area contributed by atoms with Gasteiger partial charge in [-0.3, -0.25) is 0 Å². The predicted octanol–water partition coefficient (Wildman–Crippen LogP) is 1.13. The van der Waals surface area contributed by atoms with Gasteiger partial charge < -0.3 is 15.8 Å². The summed E-state index contributed by atoms with van der Waals surface area (Å²) < 4.78 is 4.89. The van der Waals surface area contributed by atoms with Crippen LogP contribution in [0.2, 0.25) is 0 Å². The smallest absolute Gasteiger partial charge is 0.358 e. The van der Waals surface area contributed by atoms with Gasteiger partial charge in [-0.1, -0.05) is 17.4 Å². The number of nitrogens with two attached hydrogens (primary N) is 1. The predicted molar refractivity (Wildman–Crippen MR) is 65.4 cm³/mol. The summed E-state index contributed by atoms with van der Waals surface area (Å²) in [6, 6.07) is 0. The minimum absolute atomic E-state index is 0.289. The molecular weight excluding hydrogens is 226 g/mol. The van der Waals surface area contributed by atoms with Crippen molar-refractivity contribution in [3.8, 4) is 0 Å². The Hall–Kier alpha value is -1.40. The average molecular weight is 241 g/mol. The van der Waals surface area contributed by atoms with E-state index in [4.69, 9.17) is 10.5 Å². The van der Waals surface area contributed by atoms with Crippen molar-refractivity contribution >= 4 is 28.5 Å². The van der Waals surface area contributed by atoms with Crippen LogP contribution in [-0.2, 0) is 4.74 Å². The molecular formula is C10H15N3O2S. The van der Waals surface area contributed by atoms with Gasteiger partial charge in [-0.2, -0.15) is 0 Å². The molecule has 0 radical (unpaired) electrons. The standard InChI is InChI=1S/C10H15N3O2S/c1-3-15-9(14)8-7(5-4-6-12-2)16-10(11)13-8/h4-5,12H,3,6H2,1-2H3,(H2,11,13). The topological polar surface area (TPSA) is 77.2 Å². The maximum absolute atomic E-state index is 11.5. The van der Waals surface area contributed by atoms with Gasteiger partial charge in [0.15, 0.2) is 10.8 Å². The molecule has 0 aliphatic rings. The highest BCUT2D eigenvalue weighted by Gasteiger charge is 2.16. The molecule has 0 unspecified atom stereocenters. The molecule has 5 nitrogen and oxygen atoms in total. The van der Waals surface area contributed by atoms with E-state index in [9.17, 15) is 4.79 Å². The molecule has 0 aromatic carbocycles. The maximum Gasteiger partial charge on any atom is 0.358 e. The van der Waals surface area contributed by atoms with Gasteiger partial charge in [0.05, 0.1) is 11.5 Å². The second kappa shape index (κ2) is 6.24. The lowest BCUT2D eigenvalue weighted by Gasteiger charge is -1.98. The fraction of sp³-hybridized carbons (Fsp3) is 0.400. The molecule has 0 saturated carbocycles. The monoisotopic (exact) mass is 241 g/mol. The molecule has 0 saturated heterocycles. The van der Waals surface area contributed by atoms with Crippen molar-refractivity contribution in [1.29, 1.82) is 0 Å². The molecule has 0 aliphatic carbocycles. The van der Waals surface area contributed by atoms with Crippen molar-refractivity contribution in [2.45, 2.75) is 6.92 Å². The lowest BCUT2D eigenvalue weighted by Crippen LogP contribution is -2.07. The quantitative estimate of drug-likeness (QED) is 0.756. The second-order valence-electron chi connectivity index (χ2n) is 2.95. The number of nitrogens with one attached hydrogen (secondary N) is 1. The van der Waals surface area contributed by atoms with Gasteiger partial charge in [-0.05, 0) is 20.0 Å². The molecule has 1 aromatic heterocycles. The third-order valence-corrected chi connectivity index (χ3v) is 2.58. The van der Waals surface area contributed by atoms with Gasteiger partial charge >= 0.3 is 5.97 Å². The Kier molecular flexibility index (Phi) is 4.94. The Bertz CT molecular complexity index is 387. The fourth-order valence-electron chi connectivity index (χ4n) is 1.09. The van der Waals surface area contributed by atoms with Crippen molar-refractivity contribution < 1.29 is 9.53 Å². The highest BCUT2D eigenvalue weighted by molar-refractivity contribution is 7.16. The van der Waals surface area contributed by atoms with E-state index >= 15 is 0 Å². The number of ether oxygens (including phenoxy) is 1. The van der Waals surface area contributed by atoms with E-state index in [1.165, 1.54) is 11.3 Å². The number of rotatable bonds is 5. The molecule has 0 spiro atoms. The van der Waals surface area contributed by atoms with E-state index in [-0.39, 0.29) is 5.69 Å². The van der Waals surface area contributed by atoms with E-state index in [1.807, 2.05) is 19.2 Å². The minimum atomic E-state index is -0.431. The second-order valence-corrected chi connectivity index (χ2v) is 4.01. The number of hydrogen-bond acceptors (Lipinski definition) is 6.